The van der Waals surface area contributed by atoms with Crippen LogP contribution < -0.4 is 0 Å². The number of aromatic amines is 1. The first-order valence-corrected chi connectivity index (χ1v) is 7.53. The van der Waals surface area contributed by atoms with Gasteiger partial charge in [-0.15, -0.1) is 0 Å². The lowest BCUT2D eigenvalue weighted by Crippen LogP contribution is -2.07. The third kappa shape index (κ3) is 2.20. The summed E-state index contributed by atoms with van der Waals surface area (Å²) in [5.41, 5.74) is 2.17. The van der Waals surface area contributed by atoms with Crippen molar-refractivity contribution in [1.82, 2.24) is 24.7 Å². The predicted molar refractivity (Wildman–Crippen MR) is 84.0 cm³/mol. The summed E-state index contributed by atoms with van der Waals surface area (Å²) in [7, 11) is 0. The highest BCUT2D eigenvalue weighted by Crippen LogP contribution is 2.29. The Hall–Kier alpha value is -2.68. The lowest BCUT2D eigenvalue weighted by atomic mass is 10.1. The van der Waals surface area contributed by atoms with E-state index in [-0.39, 0.29) is 0 Å². The smallest absolute Gasteiger partial charge is 0.252 e. The summed E-state index contributed by atoms with van der Waals surface area (Å²) in [6.07, 6.45) is 6.34. The van der Waals surface area contributed by atoms with Crippen LogP contribution in [-0.2, 0) is 0 Å². The van der Waals surface area contributed by atoms with Gasteiger partial charge in [-0.25, -0.2) is 18.4 Å². The summed E-state index contributed by atoms with van der Waals surface area (Å²) in [4.78, 5) is 10.5. The van der Waals surface area contributed by atoms with Crippen molar-refractivity contribution in [3.05, 3.63) is 59.0 Å². The number of aromatic nitrogens is 5. The van der Waals surface area contributed by atoms with Gasteiger partial charge in [0.2, 0.25) is 0 Å². The zero-order chi connectivity index (χ0) is 16.8. The van der Waals surface area contributed by atoms with Gasteiger partial charge in [0.1, 0.15) is 5.65 Å². The van der Waals surface area contributed by atoms with E-state index in [0.29, 0.717) is 11.2 Å². The number of rotatable bonds is 2. The first-order chi connectivity index (χ1) is 11.6. The molecule has 120 valence electrons. The van der Waals surface area contributed by atoms with Crippen molar-refractivity contribution in [1.29, 1.82) is 0 Å². The number of H-pyrrole nitrogens is 1. The highest BCUT2D eigenvalue weighted by atomic mass is 79.9. The van der Waals surface area contributed by atoms with Gasteiger partial charge in [0.25, 0.3) is 5.95 Å². The number of hydrogen-bond donors (Lipinski definition) is 1. The van der Waals surface area contributed by atoms with E-state index in [1.807, 2.05) is 6.07 Å². The molecule has 1 N–H and O–H groups in total. The van der Waals surface area contributed by atoms with Crippen LogP contribution in [0, 0.1) is 17.6 Å². The molecule has 0 aromatic carbocycles. The summed E-state index contributed by atoms with van der Waals surface area (Å²) in [6.45, 7) is 0. The van der Waals surface area contributed by atoms with Crippen molar-refractivity contribution in [3.63, 3.8) is 0 Å². The molecule has 0 aliphatic heterocycles. The minimum absolute atomic E-state index is 0.439. The monoisotopic (exact) mass is 393 g/mol. The summed E-state index contributed by atoms with van der Waals surface area (Å²) >= 11 is 2.67. The first-order valence-electron chi connectivity index (χ1n) is 6.73. The van der Waals surface area contributed by atoms with Gasteiger partial charge in [0.05, 0.1) is 10.7 Å². The second-order valence-electron chi connectivity index (χ2n) is 4.94. The van der Waals surface area contributed by atoms with Crippen LogP contribution in [-0.4, -0.2) is 24.7 Å². The lowest BCUT2D eigenvalue weighted by molar-refractivity contribution is 0.452. The zero-order valence-corrected chi connectivity index (χ0v) is 13.4. The largest absolute Gasteiger partial charge is 0.346 e. The van der Waals surface area contributed by atoms with Crippen LogP contribution in [0.25, 0.3) is 28.0 Å². The Labute approximate surface area is 141 Å². The molecule has 0 aliphatic rings. The molecule has 4 aromatic rings. The van der Waals surface area contributed by atoms with Gasteiger partial charge in [0, 0.05) is 29.5 Å². The second-order valence-corrected chi connectivity index (χ2v) is 5.73. The zero-order valence-electron chi connectivity index (χ0n) is 11.8. The molecule has 0 spiro atoms. The Morgan fingerprint density at radius 3 is 2.79 bits per heavy atom. The fourth-order valence-corrected chi connectivity index (χ4v) is 2.76. The fourth-order valence-electron chi connectivity index (χ4n) is 2.42. The van der Waals surface area contributed by atoms with E-state index in [1.54, 1.807) is 18.5 Å². The molecule has 0 saturated carbocycles. The van der Waals surface area contributed by atoms with E-state index in [4.69, 9.17) is 0 Å². The standard InChI is InChI=1S/C15H7BrF3N5/c16-10-11(17)13(19)23-15(12(10)18)24-6-7(5-22-24)8-1-3-20-14-9(8)2-4-21-14/h1-6H,(H,20,21). The van der Waals surface area contributed by atoms with E-state index in [1.165, 1.54) is 12.4 Å². The molecule has 4 aromatic heterocycles. The minimum Gasteiger partial charge on any atom is -0.346 e. The van der Waals surface area contributed by atoms with Crippen molar-refractivity contribution in [2.24, 2.45) is 0 Å². The van der Waals surface area contributed by atoms with Gasteiger partial charge in [-0.2, -0.15) is 14.5 Å². The van der Waals surface area contributed by atoms with Gasteiger partial charge in [0.15, 0.2) is 17.5 Å². The number of halogens is 4. The third-order valence-corrected chi connectivity index (χ3v) is 4.23. The molecule has 0 saturated heterocycles. The van der Waals surface area contributed by atoms with Gasteiger partial charge in [-0.3, -0.25) is 0 Å². The molecule has 0 unspecified atom stereocenters. The van der Waals surface area contributed by atoms with Crippen molar-refractivity contribution in [2.75, 3.05) is 0 Å². The second kappa shape index (κ2) is 5.45. The Balaban J connectivity index is 1.86. The SMILES string of the molecule is Fc1nc(-n2cc(-c3ccnc4[nH]ccc34)cn2)c(F)c(Br)c1F. The molecule has 5 nitrogen and oxygen atoms in total. The minimum atomic E-state index is -1.41. The molecule has 0 bridgehead atoms. The van der Waals surface area contributed by atoms with Crippen LogP contribution in [0.1, 0.15) is 0 Å². The highest BCUT2D eigenvalue weighted by Gasteiger charge is 2.20. The van der Waals surface area contributed by atoms with Crippen LogP contribution in [0.4, 0.5) is 13.2 Å². The Bertz CT molecular complexity index is 1070. The molecule has 0 amide bonds. The topological polar surface area (TPSA) is 59.4 Å². The van der Waals surface area contributed by atoms with Crippen LogP contribution in [0.2, 0.25) is 0 Å². The summed E-state index contributed by atoms with van der Waals surface area (Å²) in [6, 6.07) is 3.63. The number of nitrogens with one attached hydrogen (secondary N) is 1. The Kier molecular flexibility index (Phi) is 3.38. The summed E-state index contributed by atoms with van der Waals surface area (Å²) in [5, 5.41) is 4.86. The van der Waals surface area contributed by atoms with E-state index in [0.717, 1.165) is 15.6 Å². The average molecular weight is 394 g/mol. The van der Waals surface area contributed by atoms with E-state index in [9.17, 15) is 13.2 Å². The molecule has 0 radical (unpaired) electrons. The molecule has 0 fully saturated rings. The number of hydrogen-bond acceptors (Lipinski definition) is 3. The number of nitrogens with zero attached hydrogens (tertiary/aromatic N) is 4. The number of fused-ring (bicyclic) bond motifs is 1. The van der Waals surface area contributed by atoms with Crippen LogP contribution in [0.5, 0.6) is 0 Å². The first kappa shape index (κ1) is 14.9. The molecule has 24 heavy (non-hydrogen) atoms. The average Bonchev–Trinajstić information content (AvgIpc) is 3.24. The van der Waals surface area contributed by atoms with Gasteiger partial charge in [-0.05, 0) is 33.6 Å². The van der Waals surface area contributed by atoms with Gasteiger partial charge >= 0.3 is 0 Å². The summed E-state index contributed by atoms with van der Waals surface area (Å²) in [5.74, 6) is -4.27. The predicted octanol–water partition coefficient (Wildman–Crippen LogP) is 3.99. The highest BCUT2D eigenvalue weighted by molar-refractivity contribution is 9.10. The maximum absolute atomic E-state index is 14.2. The molecule has 0 atom stereocenters. The van der Waals surface area contributed by atoms with E-state index < -0.39 is 27.9 Å². The molecular weight excluding hydrogens is 387 g/mol. The third-order valence-electron chi connectivity index (χ3n) is 3.54. The fraction of sp³-hybridized carbons (Fsp3) is 0. The molecule has 4 heterocycles. The van der Waals surface area contributed by atoms with Crippen LogP contribution in [0.3, 0.4) is 0 Å². The van der Waals surface area contributed by atoms with Crippen molar-refractivity contribution in [2.45, 2.75) is 0 Å². The lowest BCUT2D eigenvalue weighted by Gasteiger charge is -2.05. The normalized spacial score (nSPS) is 11.3. The quantitative estimate of drug-likeness (QED) is 0.523. The van der Waals surface area contributed by atoms with E-state index in [2.05, 4.69) is 36.0 Å². The van der Waals surface area contributed by atoms with Gasteiger partial charge < -0.3 is 4.98 Å². The summed E-state index contributed by atoms with van der Waals surface area (Å²) < 4.78 is 41.4. The Morgan fingerprint density at radius 2 is 1.96 bits per heavy atom. The van der Waals surface area contributed by atoms with Crippen LogP contribution in [0.15, 0.2) is 41.4 Å². The van der Waals surface area contributed by atoms with Crippen LogP contribution >= 0.6 is 15.9 Å². The van der Waals surface area contributed by atoms with E-state index >= 15 is 0 Å². The molecular formula is C15H7BrF3N5. The Morgan fingerprint density at radius 1 is 1.12 bits per heavy atom. The molecule has 9 heteroatoms. The van der Waals surface area contributed by atoms with Crippen molar-refractivity contribution in [3.8, 4) is 16.9 Å². The number of pyridine rings is 2. The maximum Gasteiger partial charge on any atom is 0.252 e. The van der Waals surface area contributed by atoms with Crippen molar-refractivity contribution < 1.29 is 13.2 Å². The van der Waals surface area contributed by atoms with Gasteiger partial charge in [-0.1, -0.05) is 0 Å². The molecule has 4 rings (SSSR count). The van der Waals surface area contributed by atoms with Crippen molar-refractivity contribution >= 4 is 27.0 Å². The maximum atomic E-state index is 14.2. The molecule has 0 aliphatic carbocycles.